The van der Waals surface area contributed by atoms with E-state index >= 15 is 0 Å². The highest BCUT2D eigenvalue weighted by atomic mass is 35.5. The number of nitrogens with zero attached hydrogens (tertiary/aromatic N) is 2. The maximum Gasteiger partial charge on any atom is 0.0756 e. The van der Waals surface area contributed by atoms with Crippen LogP contribution in [0.4, 0.5) is 5.69 Å². The molecule has 90 valence electrons. The minimum Gasteiger partial charge on any atom is -0.377 e. The van der Waals surface area contributed by atoms with Crippen LogP contribution >= 0.6 is 11.6 Å². The lowest BCUT2D eigenvalue weighted by Gasteiger charge is -2.17. The van der Waals surface area contributed by atoms with Crippen molar-refractivity contribution < 1.29 is 0 Å². The lowest BCUT2D eigenvalue weighted by Crippen LogP contribution is -2.11. The molecule has 0 atom stereocenters. The Kier molecular flexibility index (Phi) is 3.22. The van der Waals surface area contributed by atoms with Gasteiger partial charge in [0.15, 0.2) is 0 Å². The molecule has 0 saturated carbocycles. The third kappa shape index (κ3) is 2.21. The number of aromatic nitrogens is 1. The fourth-order valence-corrected chi connectivity index (χ4v) is 2.24. The summed E-state index contributed by atoms with van der Waals surface area (Å²) < 4.78 is 0. The summed E-state index contributed by atoms with van der Waals surface area (Å²) >= 11 is 6.10. The van der Waals surface area contributed by atoms with Crippen LogP contribution in [-0.2, 0) is 6.54 Å². The van der Waals surface area contributed by atoms with Gasteiger partial charge in [0.25, 0.3) is 0 Å². The second kappa shape index (κ2) is 4.51. The molecule has 0 bridgehead atoms. The zero-order valence-corrected chi connectivity index (χ0v) is 11.0. The third-order valence-electron chi connectivity index (χ3n) is 2.79. The fourth-order valence-electron chi connectivity index (χ4n) is 1.97. The van der Waals surface area contributed by atoms with Crippen molar-refractivity contribution in [2.75, 3.05) is 19.0 Å². The Morgan fingerprint density at radius 3 is 2.59 bits per heavy atom. The van der Waals surface area contributed by atoms with Gasteiger partial charge in [-0.1, -0.05) is 11.6 Å². The molecule has 17 heavy (non-hydrogen) atoms. The summed E-state index contributed by atoms with van der Waals surface area (Å²) in [6, 6.07) is 5.89. The first-order valence-corrected chi connectivity index (χ1v) is 5.88. The van der Waals surface area contributed by atoms with E-state index < -0.39 is 0 Å². The van der Waals surface area contributed by atoms with Crippen molar-refractivity contribution in [2.45, 2.75) is 13.5 Å². The van der Waals surface area contributed by atoms with Crippen LogP contribution in [0.1, 0.15) is 11.3 Å². The number of benzene rings is 1. The first kappa shape index (κ1) is 12.1. The van der Waals surface area contributed by atoms with Crippen molar-refractivity contribution in [2.24, 2.45) is 5.73 Å². The van der Waals surface area contributed by atoms with E-state index in [0.29, 0.717) is 6.54 Å². The number of pyridine rings is 1. The highest BCUT2D eigenvalue weighted by molar-refractivity contribution is 6.31. The zero-order chi connectivity index (χ0) is 12.6. The van der Waals surface area contributed by atoms with Crippen LogP contribution < -0.4 is 10.6 Å². The van der Waals surface area contributed by atoms with Crippen molar-refractivity contribution in [1.82, 2.24) is 4.98 Å². The Morgan fingerprint density at radius 2 is 2.00 bits per heavy atom. The van der Waals surface area contributed by atoms with Gasteiger partial charge in [0.2, 0.25) is 0 Å². The average Bonchev–Trinajstić information content (AvgIpc) is 2.27. The summed E-state index contributed by atoms with van der Waals surface area (Å²) in [5.74, 6) is 0. The molecule has 4 heteroatoms. The van der Waals surface area contributed by atoms with E-state index in [1.54, 1.807) is 0 Å². The molecule has 0 saturated heterocycles. The number of hydrogen-bond donors (Lipinski definition) is 1. The zero-order valence-electron chi connectivity index (χ0n) is 10.3. The van der Waals surface area contributed by atoms with E-state index in [1.165, 1.54) is 0 Å². The second-order valence-corrected chi connectivity index (χ2v) is 4.79. The van der Waals surface area contributed by atoms with Crippen LogP contribution in [0.3, 0.4) is 0 Å². The number of aryl methyl sites for hydroxylation is 1. The molecule has 2 rings (SSSR count). The normalized spacial score (nSPS) is 10.9. The first-order valence-electron chi connectivity index (χ1n) is 5.50. The molecule has 0 fully saturated rings. The maximum atomic E-state index is 6.10. The number of hydrogen-bond acceptors (Lipinski definition) is 3. The molecule has 0 amide bonds. The van der Waals surface area contributed by atoms with Crippen LogP contribution in [0.15, 0.2) is 18.2 Å². The molecule has 0 spiro atoms. The summed E-state index contributed by atoms with van der Waals surface area (Å²) in [7, 11) is 4.01. The van der Waals surface area contributed by atoms with Crippen LogP contribution in [0.5, 0.6) is 0 Å². The van der Waals surface area contributed by atoms with E-state index in [1.807, 2.05) is 39.2 Å². The van der Waals surface area contributed by atoms with Gasteiger partial charge in [-0.2, -0.15) is 0 Å². The quantitative estimate of drug-likeness (QED) is 0.890. The largest absolute Gasteiger partial charge is 0.377 e. The predicted octanol–water partition coefficient (Wildman–Crippen LogP) is 2.72. The van der Waals surface area contributed by atoms with E-state index in [9.17, 15) is 0 Å². The maximum absolute atomic E-state index is 6.10. The Morgan fingerprint density at radius 1 is 1.29 bits per heavy atom. The van der Waals surface area contributed by atoms with Gasteiger partial charge >= 0.3 is 0 Å². The lowest BCUT2D eigenvalue weighted by atomic mass is 10.1. The van der Waals surface area contributed by atoms with Crippen molar-refractivity contribution in [3.63, 3.8) is 0 Å². The first-order chi connectivity index (χ1) is 8.02. The molecule has 0 aliphatic carbocycles. The molecule has 2 N–H and O–H groups in total. The van der Waals surface area contributed by atoms with Crippen molar-refractivity contribution in [3.05, 3.63) is 34.5 Å². The minimum atomic E-state index is 0.443. The Balaban J connectivity index is 2.85. The number of anilines is 1. The van der Waals surface area contributed by atoms with Gasteiger partial charge in [-0.3, -0.25) is 4.98 Å². The van der Waals surface area contributed by atoms with E-state index in [-0.39, 0.29) is 0 Å². The summed E-state index contributed by atoms with van der Waals surface area (Å²) in [6.45, 7) is 2.46. The Labute approximate surface area is 106 Å². The lowest BCUT2D eigenvalue weighted by molar-refractivity contribution is 0.997. The van der Waals surface area contributed by atoms with Crippen LogP contribution in [0.2, 0.25) is 5.02 Å². The molecule has 0 unspecified atom stereocenters. The molecule has 3 nitrogen and oxygen atoms in total. The fraction of sp³-hybridized carbons (Fsp3) is 0.308. The molecule has 0 aliphatic rings. The molecule has 1 heterocycles. The SMILES string of the molecule is Cc1cc(Cl)cc2c(N(C)C)cc(CN)nc12. The van der Waals surface area contributed by atoms with Crippen molar-refractivity contribution in [3.8, 4) is 0 Å². The second-order valence-electron chi connectivity index (χ2n) is 4.35. The molecule has 0 aliphatic heterocycles. The van der Waals surface area contributed by atoms with Gasteiger partial charge in [-0.25, -0.2) is 0 Å². The number of halogens is 1. The molecular weight excluding hydrogens is 234 g/mol. The predicted molar refractivity (Wildman–Crippen MR) is 73.7 cm³/mol. The van der Waals surface area contributed by atoms with E-state index in [0.717, 1.165) is 32.9 Å². The topological polar surface area (TPSA) is 42.1 Å². The molecule has 0 radical (unpaired) electrons. The van der Waals surface area contributed by atoms with Crippen molar-refractivity contribution in [1.29, 1.82) is 0 Å². The van der Waals surface area contributed by atoms with Crippen LogP contribution in [0.25, 0.3) is 10.9 Å². The van der Waals surface area contributed by atoms with Crippen LogP contribution in [0, 0.1) is 6.92 Å². The summed E-state index contributed by atoms with van der Waals surface area (Å²) in [5.41, 5.74) is 9.72. The van der Waals surface area contributed by atoms with E-state index in [4.69, 9.17) is 17.3 Å². The molecule has 2 aromatic rings. The highest BCUT2D eigenvalue weighted by Crippen LogP contribution is 2.30. The van der Waals surface area contributed by atoms with Gasteiger partial charge in [0.1, 0.15) is 0 Å². The third-order valence-corrected chi connectivity index (χ3v) is 3.01. The summed E-state index contributed by atoms with van der Waals surface area (Å²) in [5, 5.41) is 1.80. The molecule has 1 aromatic carbocycles. The van der Waals surface area contributed by atoms with E-state index in [2.05, 4.69) is 9.88 Å². The smallest absolute Gasteiger partial charge is 0.0756 e. The average molecular weight is 250 g/mol. The van der Waals surface area contributed by atoms with Gasteiger partial charge in [0, 0.05) is 36.7 Å². The Hall–Kier alpha value is -1.32. The minimum absolute atomic E-state index is 0.443. The number of fused-ring (bicyclic) bond motifs is 1. The number of rotatable bonds is 2. The summed E-state index contributed by atoms with van der Waals surface area (Å²) in [6.07, 6.45) is 0. The monoisotopic (exact) mass is 249 g/mol. The highest BCUT2D eigenvalue weighted by Gasteiger charge is 2.10. The van der Waals surface area contributed by atoms with Gasteiger partial charge in [-0.05, 0) is 30.7 Å². The van der Waals surface area contributed by atoms with Crippen LogP contribution in [-0.4, -0.2) is 19.1 Å². The van der Waals surface area contributed by atoms with Gasteiger partial charge in [-0.15, -0.1) is 0 Å². The molecule has 1 aromatic heterocycles. The standard InChI is InChI=1S/C13H16ClN3/c1-8-4-9(14)5-11-12(17(2)3)6-10(7-15)16-13(8)11/h4-6H,7,15H2,1-3H3. The number of nitrogens with two attached hydrogens (primary N) is 1. The summed E-state index contributed by atoms with van der Waals surface area (Å²) in [4.78, 5) is 6.62. The molecular formula is C13H16ClN3. The Bertz CT molecular complexity index is 564. The van der Waals surface area contributed by atoms with Crippen molar-refractivity contribution >= 4 is 28.2 Å². The van der Waals surface area contributed by atoms with Gasteiger partial charge in [0.05, 0.1) is 11.2 Å². The van der Waals surface area contributed by atoms with Gasteiger partial charge < -0.3 is 10.6 Å².